The number of alkyl halides is 2. The lowest BCUT2D eigenvalue weighted by molar-refractivity contribution is 0.0904. The van der Waals surface area contributed by atoms with E-state index in [0.29, 0.717) is 19.4 Å². The van der Waals surface area contributed by atoms with Gasteiger partial charge in [0.05, 0.1) is 32.8 Å². The van der Waals surface area contributed by atoms with Crippen LogP contribution in [0.15, 0.2) is 77.9 Å². The molecule has 3 heterocycles. The number of hydrogen-bond acceptors (Lipinski definition) is 4. The second-order valence-electron chi connectivity index (χ2n) is 10.1. The molecule has 1 N–H and O–H groups in total. The number of benzene rings is 2. The van der Waals surface area contributed by atoms with E-state index in [1.165, 1.54) is 6.07 Å². The summed E-state index contributed by atoms with van der Waals surface area (Å²) in [5.41, 5.74) is 2.27. The van der Waals surface area contributed by atoms with Gasteiger partial charge in [0.15, 0.2) is 0 Å². The summed E-state index contributed by atoms with van der Waals surface area (Å²) in [4.78, 5) is 34.8. The molecule has 0 radical (unpaired) electrons. The average Bonchev–Trinajstić information content (AvgIpc) is 3.24. The molecule has 1 saturated carbocycles. The number of nitrogens with zero attached hydrogens (tertiary/aromatic N) is 4. The quantitative estimate of drug-likeness (QED) is 0.263. The van der Waals surface area contributed by atoms with Gasteiger partial charge in [-0.1, -0.05) is 41.9 Å². The lowest BCUT2D eigenvalue weighted by Gasteiger charge is -2.29. The Morgan fingerprint density at radius 3 is 2.52 bits per heavy atom. The van der Waals surface area contributed by atoms with E-state index < -0.39 is 18.0 Å². The molecule has 10 heteroatoms. The lowest BCUT2D eigenvalue weighted by atomic mass is 9.85. The van der Waals surface area contributed by atoms with Crippen LogP contribution in [0.4, 0.5) is 8.78 Å². The molecule has 6 rings (SSSR count). The molecule has 0 unspecified atom stereocenters. The zero-order valence-electron chi connectivity index (χ0n) is 21.4. The molecule has 0 bridgehead atoms. The summed E-state index contributed by atoms with van der Waals surface area (Å²) in [6, 6.07) is 18.5. The summed E-state index contributed by atoms with van der Waals surface area (Å²) in [5, 5.41) is 3.96. The predicted octanol–water partition coefficient (Wildman–Crippen LogP) is 6.32. The molecular formula is C30H26ClF2N5O2. The first kappa shape index (κ1) is 26.1. The van der Waals surface area contributed by atoms with E-state index in [4.69, 9.17) is 11.6 Å². The fourth-order valence-corrected chi connectivity index (χ4v) is 5.86. The van der Waals surface area contributed by atoms with E-state index in [9.17, 15) is 18.4 Å². The molecule has 2 aromatic carbocycles. The Balaban J connectivity index is 1.21. The van der Waals surface area contributed by atoms with Crippen molar-refractivity contribution in [2.45, 2.75) is 44.7 Å². The minimum atomic E-state index is -2.88. The van der Waals surface area contributed by atoms with Gasteiger partial charge in [-0.25, -0.2) is 13.6 Å². The van der Waals surface area contributed by atoms with Crippen molar-refractivity contribution >= 4 is 39.4 Å². The second kappa shape index (κ2) is 10.8. The van der Waals surface area contributed by atoms with Gasteiger partial charge < -0.3 is 5.32 Å². The van der Waals surface area contributed by atoms with Crippen molar-refractivity contribution in [2.75, 3.05) is 0 Å². The minimum absolute atomic E-state index is 0.122. The average molecular weight is 562 g/mol. The van der Waals surface area contributed by atoms with E-state index in [2.05, 4.69) is 15.3 Å². The highest BCUT2D eigenvalue weighted by molar-refractivity contribution is 6.30. The van der Waals surface area contributed by atoms with E-state index in [1.807, 2.05) is 59.2 Å². The van der Waals surface area contributed by atoms with Gasteiger partial charge in [-0.2, -0.15) is 0 Å². The lowest BCUT2D eigenvalue weighted by Crippen LogP contribution is -2.39. The van der Waals surface area contributed by atoms with Gasteiger partial charge in [-0.3, -0.25) is 23.9 Å². The van der Waals surface area contributed by atoms with Crippen LogP contribution in [-0.2, 0) is 6.54 Å². The van der Waals surface area contributed by atoms with E-state index >= 15 is 0 Å². The molecule has 7 nitrogen and oxygen atoms in total. The van der Waals surface area contributed by atoms with Gasteiger partial charge in [-0.15, -0.1) is 0 Å². The maximum atomic E-state index is 13.9. The monoisotopic (exact) mass is 561 g/mol. The van der Waals surface area contributed by atoms with Crippen LogP contribution in [0.25, 0.3) is 27.6 Å². The number of pyridine rings is 2. The van der Waals surface area contributed by atoms with Crippen LogP contribution >= 0.6 is 11.6 Å². The maximum absolute atomic E-state index is 13.9. The molecule has 1 aliphatic carbocycles. The Morgan fingerprint density at radius 2 is 1.75 bits per heavy atom. The maximum Gasteiger partial charge on any atom is 0.333 e. The van der Waals surface area contributed by atoms with Gasteiger partial charge in [-0.05, 0) is 61.9 Å². The zero-order valence-corrected chi connectivity index (χ0v) is 22.2. The number of para-hydroxylation sites is 3. The molecule has 1 amide bonds. The minimum Gasteiger partial charge on any atom is -0.349 e. The van der Waals surface area contributed by atoms with Crippen LogP contribution in [0.5, 0.6) is 0 Å². The molecular weight excluding hydrogens is 536 g/mol. The Hall–Kier alpha value is -4.11. The highest BCUT2D eigenvalue weighted by Gasteiger charge is 2.27. The number of rotatable bonds is 6. The van der Waals surface area contributed by atoms with Crippen molar-refractivity contribution in [3.63, 3.8) is 0 Å². The van der Waals surface area contributed by atoms with Crippen LogP contribution in [-0.4, -0.2) is 31.1 Å². The van der Waals surface area contributed by atoms with E-state index in [-0.39, 0.29) is 28.2 Å². The molecule has 1 aliphatic rings. The Kier molecular flexibility index (Phi) is 7.06. The third-order valence-electron chi connectivity index (χ3n) is 7.65. The zero-order chi connectivity index (χ0) is 27.8. The van der Waals surface area contributed by atoms with Crippen LogP contribution in [0, 0.1) is 5.92 Å². The topological polar surface area (TPSA) is 81.8 Å². The van der Waals surface area contributed by atoms with Crippen LogP contribution in [0.1, 0.15) is 48.2 Å². The smallest absolute Gasteiger partial charge is 0.333 e. The number of carbonyl (C=O) groups excluding carboxylic acids is 1. The molecule has 204 valence electrons. The summed E-state index contributed by atoms with van der Waals surface area (Å²) in [7, 11) is 0. The highest BCUT2D eigenvalue weighted by atomic mass is 35.5. The van der Waals surface area contributed by atoms with Gasteiger partial charge in [0, 0.05) is 30.4 Å². The number of fused-ring (bicyclic) bond motifs is 2. The first-order valence-corrected chi connectivity index (χ1v) is 13.6. The summed E-state index contributed by atoms with van der Waals surface area (Å²) in [6.45, 7) is 0.541. The van der Waals surface area contributed by atoms with Crippen LogP contribution in [0.3, 0.4) is 0 Å². The molecule has 0 atom stereocenters. The number of halogens is 3. The SMILES string of the molecule is O=C(NC1CCC(Cn2c(=O)n(-c3cccc4cccnc34)c3ccccc32)CC1)c1cc(Cl)cnc1C(F)F. The van der Waals surface area contributed by atoms with Crippen LogP contribution in [0.2, 0.25) is 5.02 Å². The molecule has 1 fully saturated rings. The predicted molar refractivity (Wildman–Crippen MR) is 150 cm³/mol. The number of nitrogens with one attached hydrogen (secondary N) is 1. The molecule has 0 spiro atoms. The Morgan fingerprint density at radius 1 is 1.00 bits per heavy atom. The third-order valence-corrected chi connectivity index (χ3v) is 7.85. The summed E-state index contributed by atoms with van der Waals surface area (Å²) in [6.07, 6.45) is 2.87. The van der Waals surface area contributed by atoms with Crippen molar-refractivity contribution in [2.24, 2.45) is 5.92 Å². The standard InChI is InChI=1S/C30H26ClF2N5O2/c31-20-15-22(27(28(32)33)35-16-20)29(39)36-21-12-10-18(11-13-21)17-37-23-7-1-2-8-24(23)38(30(37)40)25-9-3-5-19-6-4-14-34-26(19)25/h1-9,14-16,18,21,28H,10-13,17H2,(H,36,39). The third kappa shape index (κ3) is 4.86. The molecule has 40 heavy (non-hydrogen) atoms. The Bertz CT molecular complexity index is 1770. The fraction of sp³-hybridized carbons (Fsp3) is 0.267. The van der Waals surface area contributed by atoms with Crippen molar-refractivity contribution in [1.82, 2.24) is 24.4 Å². The first-order chi connectivity index (χ1) is 19.4. The second-order valence-corrected chi connectivity index (χ2v) is 10.6. The van der Waals surface area contributed by atoms with Gasteiger partial charge in [0.2, 0.25) is 0 Å². The molecule has 0 saturated heterocycles. The number of imidazole rings is 1. The fourth-order valence-electron chi connectivity index (χ4n) is 5.70. The summed E-state index contributed by atoms with van der Waals surface area (Å²) in [5.74, 6) is -0.378. The number of carbonyl (C=O) groups is 1. The van der Waals surface area contributed by atoms with Crippen molar-refractivity contribution in [1.29, 1.82) is 0 Å². The van der Waals surface area contributed by atoms with Gasteiger partial charge in [0.1, 0.15) is 5.69 Å². The van der Waals surface area contributed by atoms with Gasteiger partial charge in [0.25, 0.3) is 12.3 Å². The molecule has 5 aromatic rings. The van der Waals surface area contributed by atoms with Crippen LogP contribution < -0.4 is 11.0 Å². The number of hydrogen-bond donors (Lipinski definition) is 1. The molecule has 3 aromatic heterocycles. The summed E-state index contributed by atoms with van der Waals surface area (Å²) < 4.78 is 30.3. The molecule has 0 aliphatic heterocycles. The number of amides is 1. The summed E-state index contributed by atoms with van der Waals surface area (Å²) >= 11 is 5.91. The van der Waals surface area contributed by atoms with Crippen molar-refractivity contribution in [3.8, 4) is 5.69 Å². The van der Waals surface area contributed by atoms with Gasteiger partial charge >= 0.3 is 5.69 Å². The van der Waals surface area contributed by atoms with E-state index in [0.717, 1.165) is 46.7 Å². The van der Waals surface area contributed by atoms with Crippen molar-refractivity contribution < 1.29 is 13.6 Å². The van der Waals surface area contributed by atoms with E-state index in [1.54, 1.807) is 10.8 Å². The largest absolute Gasteiger partial charge is 0.349 e. The van der Waals surface area contributed by atoms with Crippen molar-refractivity contribution in [3.05, 3.63) is 99.8 Å². The number of aromatic nitrogens is 4. The highest BCUT2D eigenvalue weighted by Crippen LogP contribution is 2.29. The normalized spacial score (nSPS) is 17.5. The first-order valence-electron chi connectivity index (χ1n) is 13.2. The Labute approximate surface area is 233 Å².